The van der Waals surface area contributed by atoms with Crippen LogP contribution in [0.5, 0.6) is 5.75 Å². The molecule has 1 fully saturated rings. The third kappa shape index (κ3) is 4.20. The zero-order valence-corrected chi connectivity index (χ0v) is 15.0. The molecule has 2 aromatic carbocycles. The molecule has 7 heteroatoms. The molecule has 6 nitrogen and oxygen atoms in total. The first kappa shape index (κ1) is 18.4. The van der Waals surface area contributed by atoms with Gasteiger partial charge in [-0.2, -0.15) is 0 Å². The van der Waals surface area contributed by atoms with Gasteiger partial charge >= 0.3 is 0 Å². The zero-order chi connectivity index (χ0) is 18.5. The molecule has 2 aromatic rings. The van der Waals surface area contributed by atoms with Crippen LogP contribution in [0, 0.1) is 10.1 Å². The molecular formula is C19H20ClN3O3. The Morgan fingerprint density at radius 3 is 2.65 bits per heavy atom. The summed E-state index contributed by atoms with van der Waals surface area (Å²) in [5.74, 6) is -0.276. The van der Waals surface area contributed by atoms with Gasteiger partial charge in [0.2, 0.25) is 0 Å². The molecule has 0 amide bonds. The number of rotatable bonds is 6. The van der Waals surface area contributed by atoms with Crippen LogP contribution in [0.2, 0.25) is 5.02 Å². The molecule has 136 valence electrons. The van der Waals surface area contributed by atoms with Gasteiger partial charge < -0.3 is 10.0 Å². The number of likely N-dealkylation sites (tertiary alicyclic amines) is 1. The minimum absolute atomic E-state index is 0.108. The van der Waals surface area contributed by atoms with E-state index in [1.54, 1.807) is 0 Å². The van der Waals surface area contributed by atoms with Gasteiger partial charge in [-0.15, -0.1) is 0 Å². The quantitative estimate of drug-likeness (QED) is 0.478. The van der Waals surface area contributed by atoms with Crippen molar-refractivity contribution < 1.29 is 14.9 Å². The number of nitrogens with zero attached hydrogens (tertiary/aromatic N) is 2. The highest BCUT2D eigenvalue weighted by Gasteiger charge is 2.28. The van der Waals surface area contributed by atoms with E-state index in [0.717, 1.165) is 18.7 Å². The lowest BCUT2D eigenvalue weighted by atomic mass is 10.1. The minimum Gasteiger partial charge on any atom is -0.872 e. The van der Waals surface area contributed by atoms with Crippen molar-refractivity contribution in [1.82, 2.24) is 0 Å². The number of halogens is 1. The van der Waals surface area contributed by atoms with Gasteiger partial charge in [0, 0.05) is 41.8 Å². The first-order chi connectivity index (χ1) is 12.6. The Bertz CT molecular complexity index is 819. The second-order valence-electron chi connectivity index (χ2n) is 6.41. The highest BCUT2D eigenvalue weighted by atomic mass is 35.5. The summed E-state index contributed by atoms with van der Waals surface area (Å²) in [6.45, 7) is 2.60. The highest BCUT2D eigenvalue weighted by molar-refractivity contribution is 6.31. The van der Waals surface area contributed by atoms with Crippen molar-refractivity contribution in [2.45, 2.75) is 18.9 Å². The van der Waals surface area contributed by atoms with Gasteiger partial charge in [-0.25, -0.2) is 0 Å². The van der Waals surface area contributed by atoms with E-state index in [2.05, 4.69) is 4.99 Å². The summed E-state index contributed by atoms with van der Waals surface area (Å²) in [5, 5.41) is 23.5. The summed E-state index contributed by atoms with van der Waals surface area (Å²) >= 11 is 6.38. The molecule has 1 heterocycles. The standard InChI is InChI=1S/C19H20ClN3O3/c20-17-6-2-1-5-16(17)18(22-9-3-4-10-22)13-21-12-14-11-15(23(25)26)7-8-19(14)24/h1-2,5-8,11-12,18,24H,3-4,9-10,13H2/t18-/m1/s1. The third-order valence-corrected chi connectivity index (χ3v) is 5.09. The van der Waals surface area contributed by atoms with Gasteiger partial charge in [0.15, 0.2) is 0 Å². The van der Waals surface area contributed by atoms with Crippen molar-refractivity contribution in [3.05, 3.63) is 68.7 Å². The van der Waals surface area contributed by atoms with Crippen LogP contribution in [0.1, 0.15) is 30.0 Å². The molecule has 0 spiro atoms. The van der Waals surface area contributed by atoms with E-state index in [9.17, 15) is 15.2 Å². The predicted octanol–water partition coefficient (Wildman–Crippen LogP) is 2.16. The zero-order valence-electron chi connectivity index (χ0n) is 14.2. The largest absolute Gasteiger partial charge is 0.872 e. The molecule has 0 aromatic heterocycles. The SMILES string of the molecule is O=[N+]([O-])c1ccc([O-])c(C=NC[C@H](c2ccccc2Cl)[NH+]2CCCC2)c1. The number of benzene rings is 2. The second-order valence-corrected chi connectivity index (χ2v) is 6.82. The van der Waals surface area contributed by atoms with Crippen LogP contribution < -0.4 is 10.0 Å². The number of non-ortho nitro benzene ring substituents is 1. The first-order valence-electron chi connectivity index (χ1n) is 8.60. The van der Waals surface area contributed by atoms with Crippen LogP contribution in [-0.4, -0.2) is 30.8 Å². The fraction of sp³-hybridized carbons (Fsp3) is 0.316. The van der Waals surface area contributed by atoms with Crippen LogP contribution in [0.3, 0.4) is 0 Å². The van der Waals surface area contributed by atoms with Crippen LogP contribution in [0.15, 0.2) is 47.5 Å². The molecule has 0 unspecified atom stereocenters. The Morgan fingerprint density at radius 2 is 1.96 bits per heavy atom. The number of nitrogens with one attached hydrogen (secondary N) is 1. The molecular weight excluding hydrogens is 354 g/mol. The van der Waals surface area contributed by atoms with Gasteiger partial charge in [-0.1, -0.05) is 41.6 Å². The monoisotopic (exact) mass is 373 g/mol. The molecule has 1 saturated heterocycles. The molecule has 0 saturated carbocycles. The van der Waals surface area contributed by atoms with Gasteiger partial charge in [0.25, 0.3) is 5.69 Å². The van der Waals surface area contributed by atoms with E-state index in [0.29, 0.717) is 11.6 Å². The van der Waals surface area contributed by atoms with E-state index in [1.165, 1.54) is 42.2 Å². The molecule has 0 bridgehead atoms. The number of hydrogen-bond donors (Lipinski definition) is 1. The van der Waals surface area contributed by atoms with E-state index in [4.69, 9.17) is 11.6 Å². The normalized spacial score (nSPS) is 16.2. The van der Waals surface area contributed by atoms with Crippen molar-refractivity contribution >= 4 is 23.5 Å². The number of aliphatic imine (C=N–C) groups is 1. The van der Waals surface area contributed by atoms with E-state index in [1.807, 2.05) is 24.3 Å². The maximum Gasteiger partial charge on any atom is 0.270 e. The number of nitro benzene ring substituents is 1. The molecule has 0 radical (unpaired) electrons. The van der Waals surface area contributed by atoms with Crippen molar-refractivity contribution in [2.24, 2.45) is 4.99 Å². The number of quaternary nitrogens is 1. The lowest BCUT2D eigenvalue weighted by Crippen LogP contribution is -3.10. The van der Waals surface area contributed by atoms with Crippen LogP contribution in [0.25, 0.3) is 0 Å². The Labute approximate surface area is 156 Å². The topological polar surface area (TPSA) is 83.0 Å². The van der Waals surface area contributed by atoms with Gasteiger partial charge in [-0.05, 0) is 11.6 Å². The molecule has 0 aliphatic carbocycles. The maximum absolute atomic E-state index is 11.9. The molecule has 26 heavy (non-hydrogen) atoms. The first-order valence-corrected chi connectivity index (χ1v) is 8.98. The van der Waals surface area contributed by atoms with Crippen LogP contribution >= 0.6 is 11.6 Å². The molecule has 3 rings (SSSR count). The van der Waals surface area contributed by atoms with Gasteiger partial charge in [0.05, 0.1) is 24.6 Å². The van der Waals surface area contributed by atoms with Crippen molar-refractivity contribution in [3.63, 3.8) is 0 Å². The Kier molecular flexibility index (Phi) is 5.85. The second kappa shape index (κ2) is 8.29. The van der Waals surface area contributed by atoms with Gasteiger partial charge in [-0.3, -0.25) is 15.1 Å². The third-order valence-electron chi connectivity index (χ3n) is 4.74. The lowest BCUT2D eigenvalue weighted by Gasteiger charge is -2.24. The summed E-state index contributed by atoms with van der Waals surface area (Å²) in [5.41, 5.74) is 1.16. The summed E-state index contributed by atoms with van der Waals surface area (Å²) in [6.07, 6.45) is 3.79. The fourth-order valence-electron chi connectivity index (χ4n) is 3.39. The summed E-state index contributed by atoms with van der Waals surface area (Å²) < 4.78 is 0. The Hall–Kier alpha value is -2.44. The summed E-state index contributed by atoms with van der Waals surface area (Å²) in [7, 11) is 0. The van der Waals surface area contributed by atoms with E-state index >= 15 is 0 Å². The number of nitro groups is 1. The van der Waals surface area contributed by atoms with E-state index in [-0.39, 0.29) is 23.0 Å². The highest BCUT2D eigenvalue weighted by Crippen LogP contribution is 2.23. The predicted molar refractivity (Wildman–Crippen MR) is 99.1 cm³/mol. The number of hydrogen-bond acceptors (Lipinski definition) is 4. The lowest BCUT2D eigenvalue weighted by molar-refractivity contribution is -0.918. The van der Waals surface area contributed by atoms with Gasteiger partial charge in [0.1, 0.15) is 6.04 Å². The smallest absolute Gasteiger partial charge is 0.270 e. The van der Waals surface area contributed by atoms with Crippen molar-refractivity contribution in [3.8, 4) is 5.75 Å². The van der Waals surface area contributed by atoms with Crippen LogP contribution in [0.4, 0.5) is 5.69 Å². The molecule has 1 aliphatic rings. The average molecular weight is 374 g/mol. The fourth-order valence-corrected chi connectivity index (χ4v) is 3.66. The Balaban J connectivity index is 1.82. The Morgan fingerprint density at radius 1 is 1.23 bits per heavy atom. The average Bonchev–Trinajstić information content (AvgIpc) is 3.15. The van der Waals surface area contributed by atoms with Crippen LogP contribution in [-0.2, 0) is 0 Å². The maximum atomic E-state index is 11.9. The van der Waals surface area contributed by atoms with E-state index < -0.39 is 4.92 Å². The molecule has 1 atom stereocenters. The molecule has 1 N–H and O–H groups in total. The molecule has 1 aliphatic heterocycles. The minimum atomic E-state index is -0.516. The van der Waals surface area contributed by atoms with Crippen molar-refractivity contribution in [1.29, 1.82) is 0 Å². The summed E-state index contributed by atoms with van der Waals surface area (Å²) in [6, 6.07) is 11.5. The summed E-state index contributed by atoms with van der Waals surface area (Å²) in [4.78, 5) is 16.2. The van der Waals surface area contributed by atoms with Crippen molar-refractivity contribution in [2.75, 3.05) is 19.6 Å².